The predicted molar refractivity (Wildman–Crippen MR) is 94.0 cm³/mol. The number of carbonyl (C=O) groups excluding carboxylic acids is 1. The summed E-state index contributed by atoms with van der Waals surface area (Å²) >= 11 is 6.28. The van der Waals surface area contributed by atoms with E-state index in [1.54, 1.807) is 30.3 Å². The summed E-state index contributed by atoms with van der Waals surface area (Å²) in [5.74, 6) is 0.529. The van der Waals surface area contributed by atoms with E-state index in [2.05, 4.69) is 4.98 Å². The number of H-pyrrole nitrogens is 1. The standard InChI is InChI=1S/C16H16ClN5O3/c1-22(16(19)20)15(23)13-6-10-11(17)4-9(5-12(10)21-13)25-14-3-2-8(7-18)24-14/h2-6,21H,7,18H2,1H3,(H3,19,20). The first-order valence-electron chi connectivity index (χ1n) is 7.30. The molecule has 8 nitrogen and oxygen atoms in total. The number of halogens is 1. The summed E-state index contributed by atoms with van der Waals surface area (Å²) < 4.78 is 11.0. The molecule has 0 saturated carbocycles. The minimum Gasteiger partial charge on any atom is -0.429 e. The largest absolute Gasteiger partial charge is 0.429 e. The second-order valence-corrected chi connectivity index (χ2v) is 5.73. The SMILES string of the molecule is CN(C(=N)N)C(=O)c1cc2c(Cl)cc(Oc3ccc(CN)o3)cc2[nH]1. The van der Waals surface area contributed by atoms with E-state index >= 15 is 0 Å². The topological polar surface area (TPSA) is 134 Å². The lowest BCUT2D eigenvalue weighted by molar-refractivity contribution is 0.0864. The lowest BCUT2D eigenvalue weighted by Gasteiger charge is -2.12. The molecule has 1 aromatic carbocycles. The van der Waals surface area contributed by atoms with E-state index in [0.29, 0.717) is 27.4 Å². The molecule has 1 amide bonds. The molecular formula is C16H16ClN5O3. The number of hydrogen-bond acceptors (Lipinski definition) is 5. The van der Waals surface area contributed by atoms with Gasteiger partial charge in [-0.25, -0.2) is 0 Å². The Balaban J connectivity index is 1.93. The van der Waals surface area contributed by atoms with Gasteiger partial charge in [-0.3, -0.25) is 15.1 Å². The van der Waals surface area contributed by atoms with Gasteiger partial charge in [0.15, 0.2) is 5.96 Å². The first kappa shape index (κ1) is 16.9. The van der Waals surface area contributed by atoms with Crippen molar-refractivity contribution < 1.29 is 13.9 Å². The van der Waals surface area contributed by atoms with Crippen molar-refractivity contribution in [2.45, 2.75) is 6.54 Å². The highest BCUT2D eigenvalue weighted by atomic mass is 35.5. The van der Waals surface area contributed by atoms with Crippen molar-refractivity contribution in [2.75, 3.05) is 7.05 Å². The molecule has 0 aliphatic heterocycles. The fourth-order valence-electron chi connectivity index (χ4n) is 2.27. The fraction of sp³-hybridized carbons (Fsp3) is 0.125. The number of carbonyl (C=O) groups is 1. The Morgan fingerprint density at radius 3 is 2.80 bits per heavy atom. The lowest BCUT2D eigenvalue weighted by Crippen LogP contribution is -2.38. The van der Waals surface area contributed by atoms with Gasteiger partial charge in [-0.15, -0.1) is 0 Å². The van der Waals surface area contributed by atoms with E-state index < -0.39 is 5.91 Å². The van der Waals surface area contributed by atoms with Crippen molar-refractivity contribution in [2.24, 2.45) is 11.5 Å². The number of aromatic amines is 1. The van der Waals surface area contributed by atoms with E-state index in [1.165, 1.54) is 7.05 Å². The Morgan fingerprint density at radius 2 is 2.16 bits per heavy atom. The van der Waals surface area contributed by atoms with Crippen molar-refractivity contribution in [1.82, 2.24) is 9.88 Å². The maximum absolute atomic E-state index is 12.3. The second-order valence-electron chi connectivity index (χ2n) is 5.33. The number of guanidine groups is 1. The van der Waals surface area contributed by atoms with E-state index in [9.17, 15) is 4.79 Å². The van der Waals surface area contributed by atoms with Crippen molar-refractivity contribution in [1.29, 1.82) is 5.41 Å². The minimum atomic E-state index is -0.444. The summed E-state index contributed by atoms with van der Waals surface area (Å²) in [6, 6.07) is 8.29. The van der Waals surface area contributed by atoms with Crippen LogP contribution in [0.3, 0.4) is 0 Å². The van der Waals surface area contributed by atoms with Crippen molar-refractivity contribution in [3.8, 4) is 11.7 Å². The Bertz CT molecular complexity index is 962. The van der Waals surface area contributed by atoms with Crippen LogP contribution in [0, 0.1) is 5.41 Å². The molecule has 0 radical (unpaired) electrons. The average Bonchev–Trinajstić information content (AvgIpc) is 3.20. The Labute approximate surface area is 147 Å². The maximum Gasteiger partial charge on any atom is 0.290 e. The molecule has 25 heavy (non-hydrogen) atoms. The van der Waals surface area contributed by atoms with Gasteiger partial charge < -0.3 is 25.6 Å². The van der Waals surface area contributed by atoms with E-state index in [1.807, 2.05) is 0 Å². The summed E-state index contributed by atoms with van der Waals surface area (Å²) in [7, 11) is 1.41. The molecule has 0 atom stereocenters. The molecule has 0 aliphatic carbocycles. The van der Waals surface area contributed by atoms with Gasteiger partial charge in [0.2, 0.25) is 0 Å². The number of furan rings is 1. The van der Waals surface area contributed by atoms with Crippen LogP contribution in [-0.4, -0.2) is 28.8 Å². The molecular weight excluding hydrogens is 346 g/mol. The lowest BCUT2D eigenvalue weighted by atomic mass is 10.2. The van der Waals surface area contributed by atoms with Crippen molar-refractivity contribution in [3.63, 3.8) is 0 Å². The summed E-state index contributed by atoms with van der Waals surface area (Å²) in [5, 5.41) is 8.39. The van der Waals surface area contributed by atoms with Gasteiger partial charge in [0, 0.05) is 30.6 Å². The molecule has 0 fully saturated rings. The van der Waals surface area contributed by atoms with Crippen LogP contribution in [0.2, 0.25) is 5.02 Å². The monoisotopic (exact) mass is 361 g/mol. The highest BCUT2D eigenvalue weighted by molar-refractivity contribution is 6.35. The molecule has 6 N–H and O–H groups in total. The van der Waals surface area contributed by atoms with Gasteiger partial charge in [-0.2, -0.15) is 0 Å². The van der Waals surface area contributed by atoms with E-state index in [0.717, 1.165) is 4.90 Å². The molecule has 0 spiro atoms. The van der Waals surface area contributed by atoms with E-state index in [-0.39, 0.29) is 24.1 Å². The molecule has 0 bridgehead atoms. The number of nitrogens with zero attached hydrogens (tertiary/aromatic N) is 1. The van der Waals surface area contributed by atoms with Gasteiger partial charge in [0.05, 0.1) is 17.1 Å². The van der Waals surface area contributed by atoms with Crippen LogP contribution in [0.1, 0.15) is 16.2 Å². The molecule has 2 aromatic heterocycles. The highest BCUT2D eigenvalue weighted by Gasteiger charge is 2.18. The maximum atomic E-state index is 12.3. The molecule has 0 unspecified atom stereocenters. The van der Waals surface area contributed by atoms with Crippen LogP contribution < -0.4 is 16.2 Å². The fourth-order valence-corrected chi connectivity index (χ4v) is 2.54. The number of hydrogen-bond donors (Lipinski definition) is 4. The molecule has 3 rings (SSSR count). The molecule has 2 heterocycles. The molecule has 3 aromatic rings. The normalized spacial score (nSPS) is 10.8. The van der Waals surface area contributed by atoms with Gasteiger partial charge in [-0.1, -0.05) is 11.6 Å². The number of benzene rings is 1. The van der Waals surface area contributed by atoms with Crippen LogP contribution in [0.5, 0.6) is 11.7 Å². The highest BCUT2D eigenvalue weighted by Crippen LogP contribution is 2.32. The quantitative estimate of drug-likeness (QED) is 0.418. The zero-order valence-electron chi connectivity index (χ0n) is 13.3. The summed E-state index contributed by atoms with van der Waals surface area (Å²) in [6.07, 6.45) is 0. The van der Waals surface area contributed by atoms with Gasteiger partial charge in [-0.05, 0) is 12.1 Å². The number of nitrogens with two attached hydrogens (primary N) is 2. The first-order chi connectivity index (χ1) is 11.9. The van der Waals surface area contributed by atoms with Gasteiger partial charge in [0.25, 0.3) is 11.9 Å². The average molecular weight is 362 g/mol. The first-order valence-corrected chi connectivity index (χ1v) is 7.68. The zero-order chi connectivity index (χ0) is 18.1. The number of ether oxygens (including phenoxy) is 1. The van der Waals surface area contributed by atoms with Crippen LogP contribution in [0.25, 0.3) is 10.9 Å². The third-order valence-corrected chi connectivity index (χ3v) is 3.93. The van der Waals surface area contributed by atoms with Gasteiger partial charge in [0.1, 0.15) is 17.2 Å². The summed E-state index contributed by atoms with van der Waals surface area (Å²) in [6.45, 7) is 0.273. The van der Waals surface area contributed by atoms with Crippen LogP contribution in [-0.2, 0) is 6.54 Å². The Hall–Kier alpha value is -2.97. The zero-order valence-corrected chi connectivity index (χ0v) is 14.1. The molecule has 130 valence electrons. The Kier molecular flexibility index (Phi) is 4.39. The summed E-state index contributed by atoms with van der Waals surface area (Å²) in [4.78, 5) is 16.2. The minimum absolute atomic E-state index is 0.259. The number of nitrogens with one attached hydrogen (secondary N) is 2. The van der Waals surface area contributed by atoms with Crippen molar-refractivity contribution in [3.05, 3.63) is 46.8 Å². The third-order valence-electron chi connectivity index (χ3n) is 3.61. The smallest absolute Gasteiger partial charge is 0.290 e. The number of amides is 1. The van der Waals surface area contributed by atoms with Crippen molar-refractivity contribution >= 4 is 34.4 Å². The summed E-state index contributed by atoms with van der Waals surface area (Å²) in [5.41, 5.74) is 11.7. The van der Waals surface area contributed by atoms with Gasteiger partial charge >= 0.3 is 0 Å². The molecule has 9 heteroatoms. The second kappa shape index (κ2) is 6.50. The molecule has 0 saturated heterocycles. The predicted octanol–water partition coefficient (Wildman–Crippen LogP) is 2.63. The Morgan fingerprint density at radius 1 is 1.40 bits per heavy atom. The van der Waals surface area contributed by atoms with Crippen LogP contribution in [0.15, 0.2) is 34.7 Å². The number of aromatic nitrogens is 1. The number of rotatable bonds is 4. The molecule has 0 aliphatic rings. The number of fused-ring (bicyclic) bond motifs is 1. The van der Waals surface area contributed by atoms with Crippen LogP contribution in [0.4, 0.5) is 0 Å². The third kappa shape index (κ3) is 3.30. The van der Waals surface area contributed by atoms with Crippen LogP contribution >= 0.6 is 11.6 Å². The van der Waals surface area contributed by atoms with E-state index in [4.69, 9.17) is 37.6 Å².